The fraction of sp³-hybridized carbons (Fsp3) is 0.714. The van der Waals surface area contributed by atoms with E-state index in [2.05, 4.69) is 27.2 Å². The molecule has 0 saturated carbocycles. The summed E-state index contributed by atoms with van der Waals surface area (Å²) < 4.78 is 40.2. The number of fused-ring (bicyclic) bond motifs is 1. The number of hydrogen-bond donors (Lipinski definition) is 8. The highest BCUT2D eigenvalue weighted by atomic mass is 16.6. The Kier molecular flexibility index (Phi) is 25.5. The monoisotopic (exact) mass is 970 g/mol. The first-order valence-corrected chi connectivity index (χ1v) is 22.5. The molecule has 1 unspecified atom stereocenters. The number of imidazole rings is 1. The van der Waals surface area contributed by atoms with Gasteiger partial charge in [-0.3, -0.25) is 34.0 Å². The number of aliphatic hydroxyl groups excluding tert-OH is 2. The van der Waals surface area contributed by atoms with Crippen LogP contribution in [0.4, 0.5) is 4.79 Å². The van der Waals surface area contributed by atoms with Gasteiger partial charge in [0.25, 0.3) is 11.5 Å². The van der Waals surface area contributed by atoms with Gasteiger partial charge in [-0.25, -0.2) is 25.0 Å². The minimum Gasteiger partial charge on any atom is -0.438 e. The van der Waals surface area contributed by atoms with E-state index in [0.717, 1.165) is 14.0 Å². The lowest BCUT2D eigenvalue weighted by atomic mass is 9.89. The van der Waals surface area contributed by atoms with Crippen molar-refractivity contribution >= 4 is 40.8 Å². The molecular weight excluding hydrogens is 901 g/mol. The highest BCUT2D eigenvalue weighted by molar-refractivity contribution is 5.93. The van der Waals surface area contributed by atoms with Gasteiger partial charge >= 0.3 is 11.8 Å². The Hall–Kier alpha value is -5.16. The summed E-state index contributed by atoms with van der Waals surface area (Å²) in [7, 11) is 1.38. The number of Topliss-reactive ketones (excluding diaryl/α,β-unsaturated/α-hetero) is 1. The number of aryl methyl sites for hydroxylation is 1. The number of aromatic amines is 1. The lowest BCUT2D eigenvalue weighted by Gasteiger charge is -2.25. The van der Waals surface area contributed by atoms with Gasteiger partial charge in [0.15, 0.2) is 29.3 Å². The van der Waals surface area contributed by atoms with Gasteiger partial charge < -0.3 is 69.6 Å². The minimum atomic E-state index is -1.59. The van der Waals surface area contributed by atoms with Crippen molar-refractivity contribution < 1.29 is 67.3 Å². The quantitative estimate of drug-likeness (QED) is 0.0115. The summed E-state index contributed by atoms with van der Waals surface area (Å²) in [6.07, 6.45) is -4.16. The number of nitrogens with one attached hydrogen (secondary N) is 4. The second-order valence-corrected chi connectivity index (χ2v) is 16.1. The first-order valence-electron chi connectivity index (χ1n) is 22.5. The number of likely N-dealkylation sites (N-methyl/N-ethyl adjacent to an activating group) is 1. The molecule has 10 N–H and O–H groups in total. The van der Waals surface area contributed by atoms with Crippen LogP contribution in [-0.2, 0) is 58.9 Å². The second-order valence-electron chi connectivity index (χ2n) is 16.1. The summed E-state index contributed by atoms with van der Waals surface area (Å²) >= 11 is 0. The number of hydrogen-bond acceptors (Lipinski definition) is 19. The average molecular weight is 971 g/mol. The number of aliphatic hydroxyl groups is 2. The summed E-state index contributed by atoms with van der Waals surface area (Å²) in [5.41, 5.74) is 6.07. The van der Waals surface area contributed by atoms with E-state index in [1.807, 2.05) is 5.43 Å². The molecule has 384 valence electrons. The van der Waals surface area contributed by atoms with Crippen molar-refractivity contribution in [3.63, 3.8) is 0 Å². The zero-order chi connectivity index (χ0) is 50.2. The lowest BCUT2D eigenvalue weighted by Crippen LogP contribution is -2.47. The van der Waals surface area contributed by atoms with Gasteiger partial charge in [0.1, 0.15) is 31.2 Å². The van der Waals surface area contributed by atoms with E-state index in [0.29, 0.717) is 45.6 Å². The second kappa shape index (κ2) is 30.4. The van der Waals surface area contributed by atoms with Crippen LogP contribution in [0.2, 0.25) is 0 Å². The molecule has 26 nitrogen and oxygen atoms in total. The summed E-state index contributed by atoms with van der Waals surface area (Å²) in [5.74, 6) is 2.29. The fourth-order valence-corrected chi connectivity index (χ4v) is 7.03. The van der Waals surface area contributed by atoms with Crippen LogP contribution in [0.25, 0.3) is 11.2 Å². The van der Waals surface area contributed by atoms with E-state index in [4.69, 9.17) is 44.7 Å². The highest BCUT2D eigenvalue weighted by Crippen LogP contribution is 2.33. The first-order chi connectivity index (χ1) is 32.6. The smallest absolute Gasteiger partial charge is 0.410 e. The van der Waals surface area contributed by atoms with Crippen LogP contribution in [0.3, 0.4) is 0 Å². The van der Waals surface area contributed by atoms with Crippen LogP contribution in [0.5, 0.6) is 0 Å². The third-order valence-corrected chi connectivity index (χ3v) is 10.6. The molecule has 1 aliphatic rings. The Morgan fingerprint density at radius 3 is 2.13 bits per heavy atom. The molecular formula is C42H70N10O16. The van der Waals surface area contributed by atoms with Crippen molar-refractivity contribution in [2.24, 2.45) is 23.4 Å². The number of aromatic nitrogens is 4. The molecule has 0 aromatic carbocycles. The van der Waals surface area contributed by atoms with E-state index >= 15 is 0 Å². The van der Waals surface area contributed by atoms with Crippen molar-refractivity contribution in [1.29, 1.82) is 0 Å². The molecule has 26 heteroatoms. The van der Waals surface area contributed by atoms with E-state index in [1.165, 1.54) is 20.0 Å². The van der Waals surface area contributed by atoms with Crippen LogP contribution in [0.1, 0.15) is 51.6 Å². The maximum atomic E-state index is 13.7. The largest absolute Gasteiger partial charge is 0.438 e. The van der Waals surface area contributed by atoms with Crippen LogP contribution < -0.4 is 38.9 Å². The number of rotatable bonds is 34. The molecule has 0 spiro atoms. The number of ketones is 1. The number of carbonyl (C=O) groups is 5. The number of unbranched alkanes of at least 4 members (excludes halogenated alkanes) is 1. The lowest BCUT2D eigenvalue weighted by molar-refractivity contribution is -0.134. The highest BCUT2D eigenvalue weighted by Gasteiger charge is 2.49. The Morgan fingerprint density at radius 2 is 1.57 bits per heavy atom. The Balaban J connectivity index is 1.48. The topological polar surface area (TPSA) is 354 Å². The van der Waals surface area contributed by atoms with Gasteiger partial charge in [-0.1, -0.05) is 26.3 Å². The van der Waals surface area contributed by atoms with Gasteiger partial charge in [0.2, 0.25) is 11.8 Å². The molecule has 1 fully saturated rings. The summed E-state index contributed by atoms with van der Waals surface area (Å²) in [6.45, 7) is 9.76. The van der Waals surface area contributed by atoms with Crippen LogP contribution in [-0.4, -0.2) is 188 Å². The van der Waals surface area contributed by atoms with Crippen molar-refractivity contribution in [3.05, 3.63) is 39.3 Å². The van der Waals surface area contributed by atoms with Crippen molar-refractivity contribution in [1.82, 2.24) is 40.1 Å². The van der Waals surface area contributed by atoms with Crippen LogP contribution in [0, 0.1) is 18.8 Å². The maximum absolute atomic E-state index is 13.7. The summed E-state index contributed by atoms with van der Waals surface area (Å²) in [4.78, 5) is 98.8. The SMILES string of the molecule is C=CCn1c(=O)n([C@@H]2O[C@H](CO)[C@@H](O)C2OC(=O)N(C)CCNC(=O)[C@H](CCCCN)CC(=O)[C@@H](NC(=O)COCCOCCOCCOCCOCC(=O)NN)C(C)C)c2nc(C)[nH]c(=O)c21. The minimum absolute atomic E-state index is 0.0664. The number of carbonyl (C=O) groups excluding carboxylic acids is 5. The number of H-pyrrole nitrogens is 1. The number of ether oxygens (including phenoxy) is 7. The molecule has 2 aromatic heterocycles. The van der Waals surface area contributed by atoms with E-state index in [1.54, 1.807) is 13.8 Å². The van der Waals surface area contributed by atoms with Gasteiger partial charge in [-0.05, 0) is 32.2 Å². The van der Waals surface area contributed by atoms with Gasteiger partial charge in [-0.2, -0.15) is 0 Å². The number of hydrazine groups is 1. The molecule has 0 bridgehead atoms. The van der Waals surface area contributed by atoms with Crippen LogP contribution >= 0.6 is 0 Å². The maximum Gasteiger partial charge on any atom is 0.410 e. The van der Waals surface area contributed by atoms with Gasteiger partial charge in [0, 0.05) is 39.0 Å². The third-order valence-electron chi connectivity index (χ3n) is 10.6. The van der Waals surface area contributed by atoms with Crippen molar-refractivity contribution in [2.75, 3.05) is 99.4 Å². The molecule has 1 aliphatic heterocycles. The molecule has 6 atom stereocenters. The molecule has 0 aliphatic carbocycles. The first kappa shape index (κ1) is 57.2. The Morgan fingerprint density at radius 1 is 0.971 bits per heavy atom. The molecule has 0 radical (unpaired) electrons. The molecule has 3 rings (SSSR count). The predicted molar refractivity (Wildman–Crippen MR) is 242 cm³/mol. The average Bonchev–Trinajstić information content (AvgIpc) is 3.76. The van der Waals surface area contributed by atoms with E-state index in [-0.39, 0.29) is 101 Å². The number of amides is 4. The van der Waals surface area contributed by atoms with Crippen molar-refractivity contribution in [2.45, 2.75) is 83.6 Å². The molecule has 1 saturated heterocycles. The normalized spacial score (nSPS) is 17.8. The zero-order valence-electron chi connectivity index (χ0n) is 39.3. The summed E-state index contributed by atoms with van der Waals surface area (Å²) in [6, 6.07) is -0.904. The summed E-state index contributed by atoms with van der Waals surface area (Å²) in [5, 5.41) is 26.5. The molecule has 3 heterocycles. The molecule has 68 heavy (non-hydrogen) atoms. The zero-order valence-corrected chi connectivity index (χ0v) is 39.3. The fourth-order valence-electron chi connectivity index (χ4n) is 7.03. The van der Waals surface area contributed by atoms with Gasteiger partial charge in [0.05, 0.1) is 65.5 Å². The third kappa shape index (κ3) is 17.7. The number of nitrogens with two attached hydrogens (primary N) is 2. The van der Waals surface area contributed by atoms with Crippen molar-refractivity contribution in [3.8, 4) is 0 Å². The Bertz CT molecular complexity index is 2040. The standard InChI is InChI=1S/C42H70N10O16/c1-6-12-51-34-37(46-27(4)47-39(34)59)52(41(51)60)40-36(35(57)30(23-53)67-40)68-42(61)50(5)13-11-45-38(58)28(9-7-8-10-43)22-29(54)33(26(2)3)48-31(55)24-65-20-18-63-16-14-62-15-17-64-19-21-66-25-32(56)49-44/h6,26,28,30,33,35-36,40,53,57H,1,7-25,43-44H2,2-5H3,(H,45,58)(H,48,55)(H,49,56)(H,46,47,59)/t28-,30-,33+,35-,36?,40-/m1/s1. The number of allylic oxidation sites excluding steroid dienone is 1. The Labute approximate surface area is 393 Å². The van der Waals surface area contributed by atoms with E-state index in [9.17, 15) is 43.8 Å². The van der Waals surface area contributed by atoms with Crippen LogP contribution in [0.15, 0.2) is 22.2 Å². The predicted octanol–water partition coefficient (Wildman–Crippen LogP) is -2.90. The number of nitrogens with zero attached hydrogens (tertiary/aromatic N) is 4. The van der Waals surface area contributed by atoms with E-state index < -0.39 is 78.2 Å². The molecule has 4 amide bonds. The molecule has 2 aromatic rings. The van der Waals surface area contributed by atoms with Gasteiger partial charge in [-0.15, -0.1) is 6.58 Å².